The van der Waals surface area contributed by atoms with Crippen LogP contribution in [0, 0.1) is 6.92 Å². The van der Waals surface area contributed by atoms with Gasteiger partial charge in [0.25, 0.3) is 0 Å². The fourth-order valence-electron chi connectivity index (χ4n) is 1.30. The number of ether oxygens (including phenoxy) is 1. The molecule has 0 saturated heterocycles. The monoisotopic (exact) mass is 240 g/mol. The van der Waals surface area contributed by atoms with Crippen LogP contribution in [0.15, 0.2) is 16.6 Å². The molecule has 3 nitrogen and oxygen atoms in total. The molecule has 2 heterocycles. The van der Waals surface area contributed by atoms with Gasteiger partial charge in [-0.2, -0.15) is 4.98 Å². The highest BCUT2D eigenvalue weighted by molar-refractivity contribution is 9.10. The van der Waals surface area contributed by atoms with Crippen molar-refractivity contribution in [2.75, 3.05) is 7.11 Å². The first-order valence-corrected chi connectivity index (χ1v) is 4.70. The second-order valence-corrected chi connectivity index (χ2v) is 3.72. The predicted octanol–water partition coefficient (Wildman–Crippen LogP) is 2.64. The van der Waals surface area contributed by atoms with Gasteiger partial charge < -0.3 is 9.72 Å². The molecule has 2 aromatic heterocycles. The average Bonchev–Trinajstić information content (AvgIpc) is 2.42. The Kier molecular flexibility index (Phi) is 2.00. The molecule has 0 saturated carbocycles. The Morgan fingerprint density at radius 3 is 2.92 bits per heavy atom. The summed E-state index contributed by atoms with van der Waals surface area (Å²) in [4.78, 5) is 7.44. The van der Waals surface area contributed by atoms with Crippen LogP contribution in [-0.2, 0) is 0 Å². The van der Waals surface area contributed by atoms with Crippen LogP contribution in [0.2, 0.25) is 0 Å². The van der Waals surface area contributed by atoms with Crippen molar-refractivity contribution < 1.29 is 4.74 Å². The summed E-state index contributed by atoms with van der Waals surface area (Å²) in [6, 6.07) is 4.04. The topological polar surface area (TPSA) is 37.9 Å². The molecule has 0 fully saturated rings. The minimum atomic E-state index is 0.606. The highest BCUT2D eigenvalue weighted by Crippen LogP contribution is 2.26. The summed E-state index contributed by atoms with van der Waals surface area (Å²) in [6.07, 6.45) is 0. The van der Waals surface area contributed by atoms with Crippen LogP contribution in [-0.4, -0.2) is 17.1 Å². The molecule has 2 aromatic rings. The fourth-order valence-corrected chi connectivity index (χ4v) is 1.79. The van der Waals surface area contributed by atoms with E-state index in [1.54, 1.807) is 7.11 Å². The summed E-state index contributed by atoms with van der Waals surface area (Å²) in [5.74, 6) is 0.606. The molecule has 0 bridgehead atoms. The maximum Gasteiger partial charge on any atom is 0.229 e. The maximum absolute atomic E-state index is 5.08. The van der Waals surface area contributed by atoms with Crippen LogP contribution >= 0.6 is 15.9 Å². The van der Waals surface area contributed by atoms with Gasteiger partial charge in [-0.15, -0.1) is 0 Å². The lowest BCUT2D eigenvalue weighted by Gasteiger charge is -2.00. The summed E-state index contributed by atoms with van der Waals surface area (Å²) in [7, 11) is 1.61. The van der Waals surface area contributed by atoms with Crippen molar-refractivity contribution in [1.29, 1.82) is 0 Å². The van der Waals surface area contributed by atoms with Crippen molar-refractivity contribution in [3.63, 3.8) is 0 Å². The number of hydrogen-bond donors (Lipinski definition) is 1. The molecule has 0 aliphatic heterocycles. The summed E-state index contributed by atoms with van der Waals surface area (Å²) in [5.41, 5.74) is 1.96. The summed E-state index contributed by atoms with van der Waals surface area (Å²) in [5, 5.41) is 1.09. The number of halogens is 1. The number of rotatable bonds is 1. The van der Waals surface area contributed by atoms with Crippen molar-refractivity contribution >= 4 is 27.0 Å². The van der Waals surface area contributed by atoms with Crippen LogP contribution in [0.25, 0.3) is 11.0 Å². The van der Waals surface area contributed by atoms with Gasteiger partial charge in [0.15, 0.2) is 0 Å². The van der Waals surface area contributed by atoms with Crippen molar-refractivity contribution in [3.8, 4) is 5.88 Å². The van der Waals surface area contributed by atoms with Gasteiger partial charge in [-0.1, -0.05) is 0 Å². The van der Waals surface area contributed by atoms with Gasteiger partial charge in [-0.3, -0.25) is 0 Å². The highest BCUT2D eigenvalue weighted by Gasteiger charge is 2.05. The van der Waals surface area contributed by atoms with Crippen LogP contribution in [0.3, 0.4) is 0 Å². The smallest absolute Gasteiger partial charge is 0.229 e. The van der Waals surface area contributed by atoms with E-state index in [2.05, 4.69) is 25.9 Å². The molecule has 0 radical (unpaired) electrons. The molecule has 68 valence electrons. The molecular weight excluding hydrogens is 232 g/mol. The minimum absolute atomic E-state index is 0.606. The number of aromatic amines is 1. The van der Waals surface area contributed by atoms with E-state index >= 15 is 0 Å². The second-order valence-electron chi connectivity index (χ2n) is 2.87. The van der Waals surface area contributed by atoms with Gasteiger partial charge in [0, 0.05) is 11.1 Å². The molecule has 0 spiro atoms. The lowest BCUT2D eigenvalue weighted by molar-refractivity contribution is 0.396. The standard InChI is InChI=1S/C9H9BrN2O/c1-5-3-6-4-7(10)9(13-2)12-8(6)11-5/h3-4H,1-2H3,(H,11,12). The molecule has 0 amide bonds. The van der Waals surface area contributed by atoms with E-state index in [9.17, 15) is 0 Å². The van der Waals surface area contributed by atoms with Crippen molar-refractivity contribution in [3.05, 3.63) is 22.3 Å². The van der Waals surface area contributed by atoms with Gasteiger partial charge >= 0.3 is 0 Å². The second kappa shape index (κ2) is 3.03. The van der Waals surface area contributed by atoms with Crippen LogP contribution in [0.1, 0.15) is 5.69 Å². The molecule has 0 unspecified atom stereocenters. The van der Waals surface area contributed by atoms with Gasteiger partial charge in [0.1, 0.15) is 5.65 Å². The Balaban J connectivity index is 2.72. The number of fused-ring (bicyclic) bond motifs is 1. The lowest BCUT2D eigenvalue weighted by atomic mass is 10.3. The molecule has 4 heteroatoms. The zero-order valence-corrected chi connectivity index (χ0v) is 8.97. The number of nitrogens with zero attached hydrogens (tertiary/aromatic N) is 1. The molecule has 0 aliphatic rings. The summed E-state index contributed by atoms with van der Waals surface area (Å²) < 4.78 is 5.96. The van der Waals surface area contributed by atoms with E-state index in [-0.39, 0.29) is 0 Å². The SMILES string of the molecule is COc1nc2[nH]c(C)cc2cc1Br. The number of aryl methyl sites for hydroxylation is 1. The van der Waals surface area contributed by atoms with E-state index in [0.717, 1.165) is 21.2 Å². The fraction of sp³-hybridized carbons (Fsp3) is 0.222. The van der Waals surface area contributed by atoms with Gasteiger partial charge in [0.2, 0.25) is 5.88 Å². The predicted molar refractivity (Wildman–Crippen MR) is 55.1 cm³/mol. The zero-order valence-electron chi connectivity index (χ0n) is 7.39. The number of hydrogen-bond acceptors (Lipinski definition) is 2. The Morgan fingerprint density at radius 1 is 1.46 bits per heavy atom. The van der Waals surface area contributed by atoms with E-state index in [1.807, 2.05) is 19.1 Å². The number of aromatic nitrogens is 2. The van der Waals surface area contributed by atoms with Crippen LogP contribution in [0.5, 0.6) is 5.88 Å². The molecule has 0 atom stereocenters. The first-order valence-electron chi connectivity index (χ1n) is 3.90. The molecule has 13 heavy (non-hydrogen) atoms. The molecule has 0 aromatic carbocycles. The van der Waals surface area contributed by atoms with E-state index < -0.39 is 0 Å². The Hall–Kier alpha value is -1.03. The van der Waals surface area contributed by atoms with E-state index in [4.69, 9.17) is 4.74 Å². The van der Waals surface area contributed by atoms with E-state index in [1.165, 1.54) is 0 Å². The lowest BCUT2D eigenvalue weighted by Crippen LogP contribution is -1.88. The summed E-state index contributed by atoms with van der Waals surface area (Å²) >= 11 is 3.39. The summed E-state index contributed by atoms with van der Waals surface area (Å²) in [6.45, 7) is 2.00. The van der Waals surface area contributed by atoms with Gasteiger partial charge in [-0.05, 0) is 35.0 Å². The quantitative estimate of drug-likeness (QED) is 0.833. The van der Waals surface area contributed by atoms with Crippen LogP contribution in [0.4, 0.5) is 0 Å². The number of pyridine rings is 1. The van der Waals surface area contributed by atoms with Crippen molar-refractivity contribution in [1.82, 2.24) is 9.97 Å². The van der Waals surface area contributed by atoms with E-state index in [0.29, 0.717) is 5.88 Å². The number of methoxy groups -OCH3 is 1. The Bertz CT molecular complexity index is 450. The highest BCUT2D eigenvalue weighted by atomic mass is 79.9. The Labute approximate surface area is 84.3 Å². The normalized spacial score (nSPS) is 10.7. The third-order valence-corrected chi connectivity index (χ3v) is 2.42. The third-order valence-electron chi connectivity index (χ3n) is 1.85. The minimum Gasteiger partial charge on any atom is -0.480 e. The third kappa shape index (κ3) is 1.42. The average molecular weight is 241 g/mol. The van der Waals surface area contributed by atoms with Crippen molar-refractivity contribution in [2.45, 2.75) is 6.92 Å². The Morgan fingerprint density at radius 2 is 2.23 bits per heavy atom. The number of H-pyrrole nitrogens is 1. The molecule has 1 N–H and O–H groups in total. The first kappa shape index (κ1) is 8.56. The molecule has 2 rings (SSSR count). The molecule has 0 aliphatic carbocycles. The first-order chi connectivity index (χ1) is 6.20. The molecular formula is C9H9BrN2O. The maximum atomic E-state index is 5.08. The van der Waals surface area contributed by atoms with Crippen LogP contribution < -0.4 is 4.74 Å². The largest absolute Gasteiger partial charge is 0.480 e. The zero-order chi connectivity index (χ0) is 9.42. The van der Waals surface area contributed by atoms with Gasteiger partial charge in [0.05, 0.1) is 11.6 Å². The number of nitrogens with one attached hydrogen (secondary N) is 1. The van der Waals surface area contributed by atoms with Gasteiger partial charge in [-0.25, -0.2) is 0 Å². The van der Waals surface area contributed by atoms with Crippen molar-refractivity contribution in [2.24, 2.45) is 0 Å².